The van der Waals surface area contributed by atoms with Gasteiger partial charge in [0.2, 0.25) is 0 Å². The van der Waals surface area contributed by atoms with Crippen molar-refractivity contribution in [3.05, 3.63) is 95.1 Å². The number of nitrogens with zero attached hydrogens (tertiary/aromatic N) is 1. The van der Waals surface area contributed by atoms with Crippen molar-refractivity contribution in [1.82, 2.24) is 4.90 Å². The minimum atomic E-state index is -0.551. The smallest absolute Gasteiger partial charge is 0.123 e. The Kier molecular flexibility index (Phi) is 7.20. The van der Waals surface area contributed by atoms with E-state index in [1.165, 1.54) is 0 Å². The molecular formula is C26H29NO4. The Morgan fingerprint density at radius 2 is 1.81 bits per heavy atom. The molecule has 0 bridgehead atoms. The van der Waals surface area contributed by atoms with Crippen LogP contribution in [0.1, 0.15) is 28.4 Å². The van der Waals surface area contributed by atoms with Crippen molar-refractivity contribution in [2.45, 2.75) is 25.6 Å². The largest absolute Gasteiger partial charge is 0.492 e. The molecule has 1 heterocycles. The number of aliphatic hydroxyl groups is 2. The zero-order valence-electron chi connectivity index (χ0n) is 17.6. The molecule has 0 spiro atoms. The minimum Gasteiger partial charge on any atom is -0.492 e. The van der Waals surface area contributed by atoms with E-state index >= 15 is 0 Å². The Morgan fingerprint density at radius 1 is 0.968 bits per heavy atom. The number of hydrogen-bond acceptors (Lipinski definition) is 5. The summed E-state index contributed by atoms with van der Waals surface area (Å²) in [4.78, 5) is 2.34. The highest BCUT2D eigenvalue weighted by Gasteiger charge is 2.18. The second kappa shape index (κ2) is 10.4. The maximum atomic E-state index is 10.8. The topological polar surface area (TPSA) is 62.2 Å². The normalized spacial score (nSPS) is 14.9. The molecule has 4 rings (SSSR count). The summed E-state index contributed by atoms with van der Waals surface area (Å²) in [7, 11) is 0. The SMILES string of the molecule is OCCOc1cccc(CN2CCOc3ccc([C@H](O)Cc4ccccc4)cc3C2)c1. The summed E-state index contributed by atoms with van der Waals surface area (Å²) in [5.74, 6) is 1.66. The van der Waals surface area contributed by atoms with Crippen LogP contribution in [0.15, 0.2) is 72.8 Å². The van der Waals surface area contributed by atoms with E-state index in [9.17, 15) is 5.11 Å². The standard InChI is InChI=1S/C26H29NO4/c28-12-14-30-24-8-4-7-21(15-24)18-27-11-13-31-26-10-9-22(17-23(26)19-27)25(29)16-20-5-2-1-3-6-20/h1-10,15,17,25,28-29H,11-14,16,18-19H2/t25-/m1/s1. The summed E-state index contributed by atoms with van der Waals surface area (Å²) < 4.78 is 11.5. The molecule has 0 radical (unpaired) electrons. The Hall–Kier alpha value is -2.86. The molecule has 0 aliphatic carbocycles. The summed E-state index contributed by atoms with van der Waals surface area (Å²) >= 11 is 0. The fourth-order valence-electron chi connectivity index (χ4n) is 3.92. The third-order valence-electron chi connectivity index (χ3n) is 5.46. The summed E-state index contributed by atoms with van der Waals surface area (Å²) in [5.41, 5.74) is 4.27. The highest BCUT2D eigenvalue weighted by molar-refractivity contribution is 5.39. The van der Waals surface area contributed by atoms with Crippen molar-refractivity contribution in [1.29, 1.82) is 0 Å². The lowest BCUT2D eigenvalue weighted by atomic mass is 9.99. The van der Waals surface area contributed by atoms with Gasteiger partial charge in [0, 0.05) is 31.6 Å². The molecule has 5 nitrogen and oxygen atoms in total. The molecule has 2 N–H and O–H groups in total. The van der Waals surface area contributed by atoms with Crippen molar-refractivity contribution in [3.63, 3.8) is 0 Å². The van der Waals surface area contributed by atoms with E-state index in [4.69, 9.17) is 14.6 Å². The molecule has 162 valence electrons. The maximum Gasteiger partial charge on any atom is 0.123 e. The van der Waals surface area contributed by atoms with Crippen LogP contribution in [-0.2, 0) is 19.5 Å². The molecule has 1 aliphatic heterocycles. The number of rotatable bonds is 8. The lowest BCUT2D eigenvalue weighted by molar-refractivity contribution is 0.178. The van der Waals surface area contributed by atoms with Crippen LogP contribution >= 0.6 is 0 Å². The van der Waals surface area contributed by atoms with Crippen LogP contribution in [0, 0.1) is 0 Å². The molecule has 5 heteroatoms. The fourth-order valence-corrected chi connectivity index (χ4v) is 3.92. The van der Waals surface area contributed by atoms with E-state index in [0.29, 0.717) is 19.6 Å². The van der Waals surface area contributed by atoms with Crippen molar-refractivity contribution in [2.24, 2.45) is 0 Å². The van der Waals surface area contributed by atoms with Gasteiger partial charge >= 0.3 is 0 Å². The van der Waals surface area contributed by atoms with E-state index in [1.807, 2.05) is 60.7 Å². The molecule has 1 atom stereocenters. The molecule has 3 aromatic carbocycles. The number of aliphatic hydroxyl groups excluding tert-OH is 2. The predicted molar refractivity (Wildman–Crippen MR) is 120 cm³/mol. The van der Waals surface area contributed by atoms with E-state index in [0.717, 1.165) is 53.4 Å². The maximum absolute atomic E-state index is 10.8. The molecule has 0 fully saturated rings. The fraction of sp³-hybridized carbons (Fsp3) is 0.308. The van der Waals surface area contributed by atoms with Gasteiger partial charge in [-0.3, -0.25) is 4.90 Å². The van der Waals surface area contributed by atoms with Crippen molar-refractivity contribution < 1.29 is 19.7 Å². The van der Waals surface area contributed by atoms with Gasteiger partial charge in [0.1, 0.15) is 24.7 Å². The lowest BCUT2D eigenvalue weighted by Crippen LogP contribution is -2.25. The Morgan fingerprint density at radius 3 is 2.65 bits per heavy atom. The molecule has 3 aromatic rings. The van der Waals surface area contributed by atoms with Gasteiger partial charge in [-0.15, -0.1) is 0 Å². The molecule has 31 heavy (non-hydrogen) atoms. The van der Waals surface area contributed by atoms with E-state index in [1.54, 1.807) is 0 Å². The minimum absolute atomic E-state index is 0.00291. The van der Waals surface area contributed by atoms with Crippen molar-refractivity contribution >= 4 is 0 Å². The Balaban J connectivity index is 1.46. The van der Waals surface area contributed by atoms with Gasteiger partial charge in [-0.2, -0.15) is 0 Å². The molecule has 0 amide bonds. The Labute approximate surface area is 183 Å². The predicted octanol–water partition coefficient (Wildman–Crippen LogP) is 3.73. The third-order valence-corrected chi connectivity index (χ3v) is 5.46. The first-order valence-corrected chi connectivity index (χ1v) is 10.7. The van der Waals surface area contributed by atoms with Crippen molar-refractivity contribution in [2.75, 3.05) is 26.4 Å². The summed E-state index contributed by atoms with van der Waals surface area (Å²) in [6, 6.07) is 24.0. The second-order valence-electron chi connectivity index (χ2n) is 7.85. The number of ether oxygens (including phenoxy) is 2. The van der Waals surface area contributed by atoms with Crippen LogP contribution in [0.3, 0.4) is 0 Å². The van der Waals surface area contributed by atoms with E-state index < -0.39 is 6.10 Å². The first kappa shape index (κ1) is 21.4. The zero-order valence-corrected chi connectivity index (χ0v) is 17.6. The van der Waals surface area contributed by atoms with Crippen molar-refractivity contribution in [3.8, 4) is 11.5 Å². The average molecular weight is 420 g/mol. The van der Waals surface area contributed by atoms with Gasteiger partial charge in [0.25, 0.3) is 0 Å². The lowest BCUT2D eigenvalue weighted by Gasteiger charge is -2.20. The van der Waals surface area contributed by atoms with Crippen LogP contribution in [0.2, 0.25) is 0 Å². The molecular weight excluding hydrogens is 390 g/mol. The number of hydrogen-bond donors (Lipinski definition) is 2. The summed E-state index contributed by atoms with van der Waals surface area (Å²) in [6.07, 6.45) is 0.0370. The highest BCUT2D eigenvalue weighted by Crippen LogP contribution is 2.29. The quantitative estimate of drug-likeness (QED) is 0.583. The van der Waals surface area contributed by atoms with Gasteiger partial charge in [0.05, 0.1) is 12.7 Å². The van der Waals surface area contributed by atoms with Crippen LogP contribution in [0.4, 0.5) is 0 Å². The third kappa shape index (κ3) is 5.85. The first-order chi connectivity index (χ1) is 15.2. The molecule has 0 saturated heterocycles. The van der Waals surface area contributed by atoms with Gasteiger partial charge < -0.3 is 19.7 Å². The van der Waals surface area contributed by atoms with Gasteiger partial charge in [-0.25, -0.2) is 0 Å². The van der Waals surface area contributed by atoms with Gasteiger partial charge in [-0.1, -0.05) is 48.5 Å². The summed E-state index contributed by atoms with van der Waals surface area (Å²) in [6.45, 7) is 3.27. The van der Waals surface area contributed by atoms with Gasteiger partial charge in [0.15, 0.2) is 0 Å². The second-order valence-corrected chi connectivity index (χ2v) is 7.85. The van der Waals surface area contributed by atoms with Crippen LogP contribution in [0.25, 0.3) is 0 Å². The van der Waals surface area contributed by atoms with E-state index in [2.05, 4.69) is 17.0 Å². The number of fused-ring (bicyclic) bond motifs is 1. The first-order valence-electron chi connectivity index (χ1n) is 10.7. The zero-order chi connectivity index (χ0) is 21.5. The average Bonchev–Trinajstić information content (AvgIpc) is 2.99. The molecule has 0 saturated carbocycles. The Bertz CT molecular complexity index is 976. The molecule has 1 aliphatic rings. The molecule has 0 unspecified atom stereocenters. The summed E-state index contributed by atoms with van der Waals surface area (Å²) in [5, 5.41) is 19.7. The van der Waals surface area contributed by atoms with Crippen LogP contribution in [-0.4, -0.2) is 41.5 Å². The van der Waals surface area contributed by atoms with Crippen LogP contribution in [0.5, 0.6) is 11.5 Å². The van der Waals surface area contributed by atoms with Crippen LogP contribution < -0.4 is 9.47 Å². The number of benzene rings is 3. The molecule has 0 aromatic heterocycles. The van der Waals surface area contributed by atoms with Gasteiger partial charge in [-0.05, 0) is 41.0 Å². The van der Waals surface area contributed by atoms with E-state index in [-0.39, 0.29) is 6.61 Å². The highest BCUT2D eigenvalue weighted by atomic mass is 16.5. The monoisotopic (exact) mass is 419 g/mol.